The van der Waals surface area contributed by atoms with Gasteiger partial charge in [0, 0.05) is 12.5 Å². The van der Waals surface area contributed by atoms with Gasteiger partial charge in [-0.05, 0) is 12.8 Å². The number of hydrogen-bond acceptors (Lipinski definition) is 7. The van der Waals surface area contributed by atoms with Gasteiger partial charge in [0.15, 0.2) is 4.34 Å². The van der Waals surface area contributed by atoms with Gasteiger partial charge in [-0.25, -0.2) is 0 Å². The highest BCUT2D eigenvalue weighted by Gasteiger charge is 2.43. The molecule has 8 heteroatoms. The van der Waals surface area contributed by atoms with Crippen LogP contribution in [-0.2, 0) is 9.59 Å². The normalized spacial score (nSPS) is 24.6. The number of nitrogens with two attached hydrogens (primary N) is 1. The van der Waals surface area contributed by atoms with Crippen LogP contribution in [0.4, 0.5) is 5.13 Å². The SMILES string of the molecule is Nc1nnc(SC2CC(=O)N(C3CCCCC3)C2=O)s1. The van der Waals surface area contributed by atoms with Crippen LogP contribution in [0.25, 0.3) is 0 Å². The summed E-state index contributed by atoms with van der Waals surface area (Å²) in [6.07, 6.45) is 5.56. The number of nitrogens with zero attached hydrogens (tertiary/aromatic N) is 3. The van der Waals surface area contributed by atoms with E-state index in [2.05, 4.69) is 10.2 Å². The lowest BCUT2D eigenvalue weighted by Crippen LogP contribution is -2.41. The molecular formula is C12H16N4O2S2. The molecule has 2 aliphatic rings. The van der Waals surface area contributed by atoms with Crippen LogP contribution in [-0.4, -0.2) is 38.2 Å². The number of nitrogen functional groups attached to an aromatic ring is 1. The molecule has 3 rings (SSSR count). The number of anilines is 1. The third kappa shape index (κ3) is 2.67. The van der Waals surface area contributed by atoms with Gasteiger partial charge < -0.3 is 5.73 Å². The van der Waals surface area contributed by atoms with Crippen molar-refractivity contribution < 1.29 is 9.59 Å². The zero-order valence-corrected chi connectivity index (χ0v) is 12.6. The highest BCUT2D eigenvalue weighted by Crippen LogP contribution is 2.36. The van der Waals surface area contributed by atoms with Crippen LogP contribution in [0.3, 0.4) is 0 Å². The topological polar surface area (TPSA) is 89.2 Å². The van der Waals surface area contributed by atoms with Crippen molar-refractivity contribution in [3.63, 3.8) is 0 Å². The van der Waals surface area contributed by atoms with Crippen LogP contribution < -0.4 is 5.73 Å². The first-order chi connectivity index (χ1) is 9.65. The van der Waals surface area contributed by atoms with Gasteiger partial charge in [0.2, 0.25) is 16.9 Å². The average Bonchev–Trinajstić information content (AvgIpc) is 2.96. The van der Waals surface area contributed by atoms with Crippen molar-refractivity contribution >= 4 is 40.0 Å². The Labute approximate surface area is 125 Å². The number of hydrogen-bond donors (Lipinski definition) is 1. The molecule has 20 heavy (non-hydrogen) atoms. The summed E-state index contributed by atoms with van der Waals surface area (Å²) in [6.45, 7) is 0. The quantitative estimate of drug-likeness (QED) is 0.854. The average molecular weight is 312 g/mol. The third-order valence-corrected chi connectivity index (χ3v) is 5.77. The Morgan fingerprint density at radius 2 is 1.95 bits per heavy atom. The van der Waals surface area contributed by atoms with Gasteiger partial charge >= 0.3 is 0 Å². The van der Waals surface area contributed by atoms with E-state index in [0.717, 1.165) is 25.7 Å². The molecule has 1 aliphatic carbocycles. The second kappa shape index (κ2) is 5.69. The zero-order chi connectivity index (χ0) is 14.1. The first-order valence-electron chi connectivity index (χ1n) is 6.76. The molecule has 6 nitrogen and oxygen atoms in total. The maximum absolute atomic E-state index is 12.4. The smallest absolute Gasteiger partial charge is 0.243 e. The molecule has 1 unspecified atom stereocenters. The Kier molecular flexibility index (Phi) is 3.93. The largest absolute Gasteiger partial charge is 0.374 e. The van der Waals surface area contributed by atoms with E-state index in [0.29, 0.717) is 9.47 Å². The van der Waals surface area contributed by atoms with Crippen molar-refractivity contribution in [2.24, 2.45) is 0 Å². The number of carbonyl (C=O) groups excluding carboxylic acids is 2. The first kappa shape index (κ1) is 13.8. The van der Waals surface area contributed by atoms with E-state index in [1.54, 1.807) is 0 Å². The van der Waals surface area contributed by atoms with Crippen LogP contribution in [0.15, 0.2) is 4.34 Å². The van der Waals surface area contributed by atoms with E-state index in [1.807, 2.05) is 0 Å². The molecule has 1 saturated heterocycles. The Bertz CT molecular complexity index is 527. The number of carbonyl (C=O) groups is 2. The lowest BCUT2D eigenvalue weighted by atomic mass is 9.94. The highest BCUT2D eigenvalue weighted by molar-refractivity contribution is 8.02. The molecule has 1 aromatic rings. The van der Waals surface area contributed by atoms with Crippen LogP contribution in [0, 0.1) is 0 Å². The van der Waals surface area contributed by atoms with Crippen molar-refractivity contribution in [2.75, 3.05) is 5.73 Å². The lowest BCUT2D eigenvalue weighted by Gasteiger charge is -2.29. The van der Waals surface area contributed by atoms with Crippen molar-refractivity contribution in [3.05, 3.63) is 0 Å². The Hall–Kier alpha value is -1.15. The van der Waals surface area contributed by atoms with Gasteiger partial charge in [0.25, 0.3) is 0 Å². The van der Waals surface area contributed by atoms with Crippen LogP contribution in [0.2, 0.25) is 0 Å². The van der Waals surface area contributed by atoms with Crippen LogP contribution in [0.1, 0.15) is 38.5 Å². The number of imide groups is 1. The summed E-state index contributed by atoms with van der Waals surface area (Å²) in [5.74, 6) is -0.113. The Morgan fingerprint density at radius 1 is 1.20 bits per heavy atom. The standard InChI is InChI=1S/C12H16N4O2S2/c13-11-14-15-12(20-11)19-8-6-9(17)16(10(8)18)7-4-2-1-3-5-7/h7-8H,1-6H2,(H2,13,14). The molecule has 2 amide bonds. The molecule has 1 aromatic heterocycles. The molecule has 2 fully saturated rings. The van der Waals surface area contributed by atoms with Crippen LogP contribution in [0.5, 0.6) is 0 Å². The molecule has 2 heterocycles. The number of aromatic nitrogens is 2. The van der Waals surface area contributed by atoms with E-state index in [-0.39, 0.29) is 29.5 Å². The summed E-state index contributed by atoms with van der Waals surface area (Å²) in [6, 6.07) is 0.105. The summed E-state index contributed by atoms with van der Waals surface area (Å²) < 4.78 is 0.652. The van der Waals surface area contributed by atoms with E-state index in [4.69, 9.17) is 5.73 Å². The fraction of sp³-hybridized carbons (Fsp3) is 0.667. The summed E-state index contributed by atoms with van der Waals surface area (Å²) in [4.78, 5) is 26.1. The van der Waals surface area contributed by atoms with Crippen LogP contribution >= 0.6 is 23.1 Å². The minimum absolute atomic E-state index is 0.0445. The molecule has 1 saturated carbocycles. The molecule has 1 aliphatic heterocycles. The minimum Gasteiger partial charge on any atom is -0.374 e. The van der Waals surface area contributed by atoms with Gasteiger partial charge in [0.1, 0.15) is 0 Å². The summed E-state index contributed by atoms with van der Waals surface area (Å²) >= 11 is 2.56. The molecule has 0 aromatic carbocycles. The van der Waals surface area contributed by atoms with Gasteiger partial charge in [-0.1, -0.05) is 42.4 Å². The number of thioether (sulfide) groups is 1. The second-order valence-electron chi connectivity index (χ2n) is 5.11. The van der Waals surface area contributed by atoms with Crippen molar-refractivity contribution in [3.8, 4) is 0 Å². The molecular weight excluding hydrogens is 296 g/mol. The molecule has 2 N–H and O–H groups in total. The molecule has 108 valence electrons. The maximum atomic E-state index is 12.4. The van der Waals surface area contributed by atoms with E-state index in [1.165, 1.54) is 34.4 Å². The highest BCUT2D eigenvalue weighted by atomic mass is 32.2. The van der Waals surface area contributed by atoms with Crippen molar-refractivity contribution in [1.29, 1.82) is 0 Å². The van der Waals surface area contributed by atoms with Gasteiger partial charge in [0.05, 0.1) is 5.25 Å². The monoisotopic (exact) mass is 312 g/mol. The summed E-state index contributed by atoms with van der Waals surface area (Å²) in [5.41, 5.74) is 5.53. The number of amides is 2. The number of rotatable bonds is 3. The molecule has 0 spiro atoms. The van der Waals surface area contributed by atoms with E-state index in [9.17, 15) is 9.59 Å². The Balaban J connectivity index is 1.69. The van der Waals surface area contributed by atoms with E-state index < -0.39 is 0 Å². The molecule has 0 bridgehead atoms. The predicted molar refractivity (Wildman–Crippen MR) is 77.3 cm³/mol. The van der Waals surface area contributed by atoms with Gasteiger partial charge in [-0.2, -0.15) is 0 Å². The fourth-order valence-electron chi connectivity index (χ4n) is 2.83. The lowest BCUT2D eigenvalue weighted by molar-refractivity contribution is -0.141. The number of likely N-dealkylation sites (tertiary alicyclic amines) is 1. The van der Waals surface area contributed by atoms with E-state index >= 15 is 0 Å². The summed E-state index contributed by atoms with van der Waals surface area (Å²) in [5, 5.41) is 7.65. The van der Waals surface area contributed by atoms with Gasteiger partial charge in [-0.15, -0.1) is 10.2 Å². The Morgan fingerprint density at radius 3 is 2.60 bits per heavy atom. The fourth-order valence-corrected chi connectivity index (χ4v) is 4.74. The molecule has 1 atom stereocenters. The first-order valence-corrected chi connectivity index (χ1v) is 8.46. The predicted octanol–water partition coefficient (Wildman–Crippen LogP) is 1.67. The second-order valence-corrected chi connectivity index (χ2v) is 7.57. The van der Waals surface area contributed by atoms with Crippen molar-refractivity contribution in [2.45, 2.75) is 54.2 Å². The molecule has 0 radical (unpaired) electrons. The maximum Gasteiger partial charge on any atom is 0.243 e. The minimum atomic E-state index is -0.364. The van der Waals surface area contributed by atoms with Gasteiger partial charge in [-0.3, -0.25) is 14.5 Å². The van der Waals surface area contributed by atoms with Crippen molar-refractivity contribution in [1.82, 2.24) is 15.1 Å². The summed E-state index contributed by atoms with van der Waals surface area (Å²) in [7, 11) is 0. The zero-order valence-electron chi connectivity index (χ0n) is 10.9. The third-order valence-electron chi connectivity index (χ3n) is 3.75.